The molecule has 3 heteroatoms. The molecule has 2 atom stereocenters. The Morgan fingerprint density at radius 3 is 1.96 bits per heavy atom. The molecule has 1 aromatic carbocycles. The van der Waals surface area contributed by atoms with Gasteiger partial charge in [-0.25, -0.2) is 0 Å². The van der Waals surface area contributed by atoms with Crippen LogP contribution in [0.3, 0.4) is 0 Å². The third-order valence-electron chi connectivity index (χ3n) is 7.58. The van der Waals surface area contributed by atoms with Crippen molar-refractivity contribution in [1.29, 1.82) is 0 Å². The van der Waals surface area contributed by atoms with Gasteiger partial charge in [0.25, 0.3) is 0 Å². The molecular formula is C24H39BO2. The highest BCUT2D eigenvalue weighted by molar-refractivity contribution is 6.62. The Morgan fingerprint density at radius 2 is 1.56 bits per heavy atom. The number of benzene rings is 1. The molecule has 2 aliphatic rings. The molecule has 0 amide bonds. The minimum absolute atomic E-state index is 0.268. The number of rotatable bonds is 5. The lowest BCUT2D eigenvalue weighted by Crippen LogP contribution is -2.50. The Hall–Kier alpha value is -0.795. The third-order valence-corrected chi connectivity index (χ3v) is 7.58. The molecule has 2 unspecified atom stereocenters. The van der Waals surface area contributed by atoms with Crippen LogP contribution in [0.25, 0.3) is 0 Å². The number of unbranched alkanes of at least 4 members (excludes halogenated alkanes) is 1. The molecule has 1 aromatic rings. The molecule has 1 saturated heterocycles. The van der Waals surface area contributed by atoms with Gasteiger partial charge in [0.05, 0.1) is 11.2 Å². The topological polar surface area (TPSA) is 18.5 Å². The summed E-state index contributed by atoms with van der Waals surface area (Å²) in [5.41, 5.74) is 2.78. The second-order valence-corrected chi connectivity index (χ2v) is 10.9. The summed E-state index contributed by atoms with van der Waals surface area (Å²) in [6.45, 7) is 18.0. The van der Waals surface area contributed by atoms with Gasteiger partial charge in [-0.2, -0.15) is 0 Å². The highest BCUT2D eigenvalue weighted by Crippen LogP contribution is 2.58. The summed E-state index contributed by atoms with van der Waals surface area (Å²) < 4.78 is 12.5. The van der Waals surface area contributed by atoms with Gasteiger partial charge in [-0.1, -0.05) is 64.8 Å². The van der Waals surface area contributed by atoms with Crippen LogP contribution < -0.4 is 5.46 Å². The highest BCUT2D eigenvalue weighted by Gasteiger charge is 2.53. The lowest BCUT2D eigenvalue weighted by atomic mass is 9.48. The SMILES string of the molecule is CCCCC1(c2ccc(B3OC(C)(C)C(C)(C)O3)cc2)CCC1C(C)(C)C. The van der Waals surface area contributed by atoms with E-state index < -0.39 is 0 Å². The summed E-state index contributed by atoms with van der Waals surface area (Å²) in [6.07, 6.45) is 6.56. The molecular weight excluding hydrogens is 331 g/mol. The molecule has 1 aliphatic carbocycles. The minimum Gasteiger partial charge on any atom is -0.399 e. The standard InChI is InChI=1S/C24H39BO2/c1-9-10-16-24(17-15-20(24)21(2,3)4)18-11-13-19(14-12-18)25-26-22(5,6)23(7,8)27-25/h11-14,20H,9-10,15-17H2,1-8H3. The van der Waals surface area contributed by atoms with E-state index in [4.69, 9.17) is 9.31 Å². The van der Waals surface area contributed by atoms with Gasteiger partial charge in [0.2, 0.25) is 0 Å². The minimum atomic E-state index is -0.288. The van der Waals surface area contributed by atoms with Crippen molar-refractivity contribution in [2.45, 2.75) is 104 Å². The zero-order valence-electron chi connectivity index (χ0n) is 18.8. The van der Waals surface area contributed by atoms with E-state index in [1.165, 1.54) is 37.7 Å². The molecule has 1 saturated carbocycles. The van der Waals surface area contributed by atoms with Crippen molar-refractivity contribution in [2.24, 2.45) is 11.3 Å². The van der Waals surface area contributed by atoms with E-state index in [0.29, 0.717) is 10.8 Å². The van der Waals surface area contributed by atoms with Crippen LogP contribution in [0.2, 0.25) is 0 Å². The third kappa shape index (κ3) is 3.62. The Kier molecular flexibility index (Phi) is 5.36. The predicted molar refractivity (Wildman–Crippen MR) is 116 cm³/mol. The number of hydrogen-bond acceptors (Lipinski definition) is 2. The molecule has 1 heterocycles. The first kappa shape index (κ1) is 20.9. The molecule has 0 N–H and O–H groups in total. The Labute approximate surface area is 167 Å². The van der Waals surface area contributed by atoms with Gasteiger partial charge in [-0.05, 0) is 74.7 Å². The first-order chi connectivity index (χ1) is 12.4. The van der Waals surface area contributed by atoms with Gasteiger partial charge in [0, 0.05) is 0 Å². The maximum Gasteiger partial charge on any atom is 0.494 e. The lowest BCUT2D eigenvalue weighted by molar-refractivity contribution is 0.00578. The maximum absolute atomic E-state index is 6.23. The zero-order valence-corrected chi connectivity index (χ0v) is 18.8. The van der Waals surface area contributed by atoms with Crippen LogP contribution in [-0.4, -0.2) is 18.3 Å². The highest BCUT2D eigenvalue weighted by atomic mass is 16.7. The van der Waals surface area contributed by atoms with Crippen LogP contribution >= 0.6 is 0 Å². The van der Waals surface area contributed by atoms with E-state index >= 15 is 0 Å². The Bertz CT molecular complexity index is 640. The van der Waals surface area contributed by atoms with Crippen molar-refractivity contribution in [3.05, 3.63) is 29.8 Å². The van der Waals surface area contributed by atoms with Gasteiger partial charge in [0.15, 0.2) is 0 Å². The Morgan fingerprint density at radius 1 is 1.00 bits per heavy atom. The van der Waals surface area contributed by atoms with Gasteiger partial charge in [0.1, 0.15) is 0 Å². The van der Waals surface area contributed by atoms with Crippen LogP contribution in [0.15, 0.2) is 24.3 Å². The van der Waals surface area contributed by atoms with E-state index in [9.17, 15) is 0 Å². The molecule has 3 rings (SSSR count). The Balaban J connectivity index is 1.85. The summed E-state index contributed by atoms with van der Waals surface area (Å²) in [5.74, 6) is 0.763. The monoisotopic (exact) mass is 370 g/mol. The van der Waals surface area contributed by atoms with Crippen LogP contribution in [0, 0.1) is 11.3 Å². The summed E-state index contributed by atoms with van der Waals surface area (Å²) in [6, 6.07) is 9.19. The van der Waals surface area contributed by atoms with Crippen molar-refractivity contribution in [1.82, 2.24) is 0 Å². The fourth-order valence-corrected chi connectivity index (χ4v) is 5.13. The molecule has 1 aliphatic heterocycles. The second-order valence-electron chi connectivity index (χ2n) is 10.9. The molecule has 0 bridgehead atoms. The zero-order chi connectivity index (χ0) is 20.1. The quantitative estimate of drug-likeness (QED) is 0.604. The van der Waals surface area contributed by atoms with Crippen molar-refractivity contribution in [3.8, 4) is 0 Å². The van der Waals surface area contributed by atoms with E-state index in [1.807, 2.05) is 0 Å². The molecule has 27 heavy (non-hydrogen) atoms. The summed E-state index contributed by atoms with van der Waals surface area (Å²) >= 11 is 0. The van der Waals surface area contributed by atoms with Crippen LogP contribution in [0.5, 0.6) is 0 Å². The molecule has 0 aromatic heterocycles. The van der Waals surface area contributed by atoms with Crippen molar-refractivity contribution in [2.75, 3.05) is 0 Å². The van der Waals surface area contributed by atoms with Gasteiger partial charge < -0.3 is 9.31 Å². The fourth-order valence-electron chi connectivity index (χ4n) is 5.13. The van der Waals surface area contributed by atoms with Crippen molar-refractivity contribution < 1.29 is 9.31 Å². The van der Waals surface area contributed by atoms with Crippen LogP contribution in [0.4, 0.5) is 0 Å². The average Bonchev–Trinajstić information content (AvgIpc) is 2.74. The van der Waals surface area contributed by atoms with Crippen molar-refractivity contribution in [3.63, 3.8) is 0 Å². The second kappa shape index (κ2) is 6.92. The van der Waals surface area contributed by atoms with E-state index in [-0.39, 0.29) is 18.3 Å². The fraction of sp³-hybridized carbons (Fsp3) is 0.750. The molecule has 0 spiro atoms. The largest absolute Gasteiger partial charge is 0.494 e. The molecule has 2 nitrogen and oxygen atoms in total. The first-order valence-corrected chi connectivity index (χ1v) is 10.9. The van der Waals surface area contributed by atoms with Crippen LogP contribution in [0.1, 0.15) is 93.1 Å². The van der Waals surface area contributed by atoms with Gasteiger partial charge in [-0.15, -0.1) is 0 Å². The average molecular weight is 370 g/mol. The van der Waals surface area contributed by atoms with Crippen LogP contribution in [-0.2, 0) is 14.7 Å². The summed E-state index contributed by atoms with van der Waals surface area (Å²) in [7, 11) is -0.268. The van der Waals surface area contributed by atoms with E-state index in [1.54, 1.807) is 0 Å². The normalized spacial score (nSPS) is 29.6. The summed E-state index contributed by atoms with van der Waals surface area (Å²) in [4.78, 5) is 0. The number of hydrogen-bond donors (Lipinski definition) is 0. The first-order valence-electron chi connectivity index (χ1n) is 10.9. The molecule has 150 valence electrons. The predicted octanol–water partition coefficient (Wildman–Crippen LogP) is 5.87. The molecule has 2 fully saturated rings. The van der Waals surface area contributed by atoms with Gasteiger partial charge in [-0.3, -0.25) is 0 Å². The molecule has 0 radical (unpaired) electrons. The van der Waals surface area contributed by atoms with E-state index in [0.717, 1.165) is 11.4 Å². The van der Waals surface area contributed by atoms with E-state index in [2.05, 4.69) is 79.7 Å². The maximum atomic E-state index is 6.23. The lowest BCUT2D eigenvalue weighted by Gasteiger charge is -2.56. The van der Waals surface area contributed by atoms with Crippen molar-refractivity contribution >= 4 is 12.6 Å². The smallest absolute Gasteiger partial charge is 0.399 e. The summed E-state index contributed by atoms with van der Waals surface area (Å²) in [5, 5.41) is 0. The van der Waals surface area contributed by atoms with Gasteiger partial charge >= 0.3 is 7.12 Å².